The normalized spacial score (nSPS) is 20.1. The number of nitrogens with zero attached hydrogens (tertiary/aromatic N) is 1. The maximum Gasteiger partial charge on any atom is 0.243 e. The molecule has 2 aliphatic rings. The molecule has 28 heavy (non-hydrogen) atoms. The van der Waals surface area contributed by atoms with Gasteiger partial charge in [0.25, 0.3) is 0 Å². The quantitative estimate of drug-likeness (QED) is 0.856. The van der Waals surface area contributed by atoms with Gasteiger partial charge in [-0.15, -0.1) is 0 Å². The molecule has 0 saturated carbocycles. The number of amides is 1. The zero-order chi connectivity index (χ0) is 19.6. The molecule has 0 aromatic heterocycles. The van der Waals surface area contributed by atoms with Gasteiger partial charge in [-0.2, -0.15) is 4.31 Å². The lowest BCUT2D eigenvalue weighted by atomic mass is 9.96. The van der Waals surface area contributed by atoms with Crippen molar-refractivity contribution < 1.29 is 17.9 Å². The van der Waals surface area contributed by atoms with Crippen LogP contribution in [0.4, 0.5) is 5.69 Å². The molecule has 2 heterocycles. The average molecular weight is 401 g/mol. The molecule has 148 valence electrons. The fourth-order valence-corrected chi connectivity index (χ4v) is 5.29. The fraction of sp³-hybridized carbons (Fsp3) is 0.381. The summed E-state index contributed by atoms with van der Waals surface area (Å²) in [7, 11) is -3.53. The van der Waals surface area contributed by atoms with Crippen molar-refractivity contribution in [3.63, 3.8) is 0 Å². The van der Waals surface area contributed by atoms with E-state index >= 15 is 0 Å². The minimum absolute atomic E-state index is 0.165. The molecule has 0 aliphatic carbocycles. The van der Waals surface area contributed by atoms with Crippen LogP contribution in [0.15, 0.2) is 53.4 Å². The Hall–Kier alpha value is -2.38. The summed E-state index contributed by atoms with van der Waals surface area (Å²) < 4.78 is 32.9. The van der Waals surface area contributed by atoms with Crippen molar-refractivity contribution in [1.82, 2.24) is 4.31 Å². The molecule has 0 spiro atoms. The van der Waals surface area contributed by atoms with E-state index in [-0.39, 0.29) is 16.7 Å². The van der Waals surface area contributed by atoms with Crippen LogP contribution < -0.4 is 10.1 Å². The number of para-hydroxylation sites is 1. The first-order valence-corrected chi connectivity index (χ1v) is 11.1. The lowest BCUT2D eigenvalue weighted by Gasteiger charge is -2.26. The SMILES string of the molecule is O=C(Nc1cccc(S(=O)(=O)N2CCCCC2)c1)[C@H]1COc2ccccc2C1. The first kappa shape index (κ1) is 19.0. The first-order valence-electron chi connectivity index (χ1n) is 9.66. The highest BCUT2D eigenvalue weighted by atomic mass is 32.2. The predicted octanol–water partition coefficient (Wildman–Crippen LogP) is 3.05. The third kappa shape index (κ3) is 3.91. The number of sulfonamides is 1. The Kier molecular flexibility index (Phi) is 5.37. The van der Waals surface area contributed by atoms with Gasteiger partial charge in [0.15, 0.2) is 0 Å². The molecule has 0 unspecified atom stereocenters. The first-order chi connectivity index (χ1) is 13.5. The molecule has 7 heteroatoms. The van der Waals surface area contributed by atoms with Crippen molar-refractivity contribution in [3.05, 3.63) is 54.1 Å². The van der Waals surface area contributed by atoms with E-state index in [0.29, 0.717) is 31.8 Å². The average Bonchev–Trinajstić information content (AvgIpc) is 2.74. The molecule has 2 aromatic carbocycles. The molecule has 2 aliphatic heterocycles. The number of fused-ring (bicyclic) bond motifs is 1. The van der Waals surface area contributed by atoms with Gasteiger partial charge in [0.1, 0.15) is 12.4 Å². The Morgan fingerprint density at radius 2 is 1.82 bits per heavy atom. The maximum atomic E-state index is 12.9. The zero-order valence-corrected chi connectivity index (χ0v) is 16.5. The maximum absolute atomic E-state index is 12.9. The third-order valence-electron chi connectivity index (χ3n) is 5.30. The number of nitrogens with one attached hydrogen (secondary N) is 1. The summed E-state index contributed by atoms with van der Waals surface area (Å²) in [4.78, 5) is 12.9. The van der Waals surface area contributed by atoms with Gasteiger partial charge in [0.05, 0.1) is 10.8 Å². The van der Waals surface area contributed by atoms with E-state index in [0.717, 1.165) is 30.6 Å². The summed E-state index contributed by atoms with van der Waals surface area (Å²) in [5.41, 5.74) is 1.50. The minimum Gasteiger partial charge on any atom is -0.492 e. The van der Waals surface area contributed by atoms with Gasteiger partial charge >= 0.3 is 0 Å². The van der Waals surface area contributed by atoms with E-state index in [1.165, 1.54) is 4.31 Å². The Labute approximate surface area is 165 Å². The summed E-state index contributed by atoms with van der Waals surface area (Å²) in [5.74, 6) is 0.348. The van der Waals surface area contributed by atoms with Crippen LogP contribution in [-0.2, 0) is 21.2 Å². The highest BCUT2D eigenvalue weighted by Gasteiger charge is 2.28. The number of benzene rings is 2. The summed E-state index contributed by atoms with van der Waals surface area (Å²) >= 11 is 0. The van der Waals surface area contributed by atoms with E-state index in [1.54, 1.807) is 24.3 Å². The van der Waals surface area contributed by atoms with Gasteiger partial charge < -0.3 is 10.1 Å². The lowest BCUT2D eigenvalue weighted by Crippen LogP contribution is -2.35. The summed E-state index contributed by atoms with van der Waals surface area (Å²) in [6.45, 7) is 1.42. The molecule has 2 aromatic rings. The monoisotopic (exact) mass is 400 g/mol. The molecular formula is C21H24N2O4S. The Bertz CT molecular complexity index is 968. The van der Waals surface area contributed by atoms with E-state index in [9.17, 15) is 13.2 Å². The molecule has 1 amide bonds. The van der Waals surface area contributed by atoms with Crippen LogP contribution in [0.25, 0.3) is 0 Å². The standard InChI is InChI=1S/C21H24N2O4S/c24-21(17-13-16-7-2-3-10-20(16)27-15-17)22-18-8-6-9-19(14-18)28(25,26)23-11-4-1-5-12-23/h2-3,6-10,14,17H,1,4-5,11-13,15H2,(H,22,24)/t17-/m1/s1. The van der Waals surface area contributed by atoms with E-state index in [1.807, 2.05) is 24.3 Å². The van der Waals surface area contributed by atoms with Crippen LogP contribution in [0.3, 0.4) is 0 Å². The number of piperidine rings is 1. The molecule has 6 nitrogen and oxygen atoms in total. The summed E-state index contributed by atoms with van der Waals surface area (Å²) in [6.07, 6.45) is 3.44. The van der Waals surface area contributed by atoms with Crippen LogP contribution in [0.2, 0.25) is 0 Å². The van der Waals surface area contributed by atoms with E-state index in [2.05, 4.69) is 5.32 Å². The number of carbonyl (C=O) groups is 1. The van der Waals surface area contributed by atoms with Crippen LogP contribution in [0, 0.1) is 5.92 Å². The molecule has 1 fully saturated rings. The second kappa shape index (κ2) is 7.93. The van der Waals surface area contributed by atoms with Crippen molar-refractivity contribution in [1.29, 1.82) is 0 Å². The molecule has 1 atom stereocenters. The highest BCUT2D eigenvalue weighted by molar-refractivity contribution is 7.89. The summed E-state index contributed by atoms with van der Waals surface area (Å²) in [6, 6.07) is 14.2. The predicted molar refractivity (Wildman–Crippen MR) is 107 cm³/mol. The Balaban J connectivity index is 1.47. The smallest absolute Gasteiger partial charge is 0.243 e. The third-order valence-corrected chi connectivity index (χ3v) is 7.20. The number of ether oxygens (including phenoxy) is 1. The molecule has 4 rings (SSSR count). The molecular weight excluding hydrogens is 376 g/mol. The van der Waals surface area contributed by atoms with Gasteiger partial charge in [0, 0.05) is 18.8 Å². The van der Waals surface area contributed by atoms with Gasteiger partial charge in [-0.25, -0.2) is 8.42 Å². The van der Waals surface area contributed by atoms with Crippen molar-refractivity contribution >= 4 is 21.6 Å². The van der Waals surface area contributed by atoms with Crippen molar-refractivity contribution in [2.45, 2.75) is 30.6 Å². The Morgan fingerprint density at radius 1 is 1.04 bits per heavy atom. The van der Waals surface area contributed by atoms with Crippen LogP contribution in [-0.4, -0.2) is 38.3 Å². The molecule has 1 N–H and O–H groups in total. The molecule has 0 bridgehead atoms. The molecule has 1 saturated heterocycles. The van der Waals surface area contributed by atoms with Gasteiger partial charge in [-0.05, 0) is 49.1 Å². The van der Waals surface area contributed by atoms with Gasteiger partial charge in [0.2, 0.25) is 15.9 Å². The number of carbonyl (C=O) groups excluding carboxylic acids is 1. The largest absolute Gasteiger partial charge is 0.492 e. The molecule has 0 radical (unpaired) electrons. The van der Waals surface area contributed by atoms with E-state index < -0.39 is 10.0 Å². The zero-order valence-electron chi connectivity index (χ0n) is 15.6. The fourth-order valence-electron chi connectivity index (χ4n) is 3.73. The van der Waals surface area contributed by atoms with E-state index in [4.69, 9.17) is 4.74 Å². The van der Waals surface area contributed by atoms with Crippen molar-refractivity contribution in [2.75, 3.05) is 25.0 Å². The van der Waals surface area contributed by atoms with Gasteiger partial charge in [-0.1, -0.05) is 30.7 Å². The number of rotatable bonds is 4. The number of hydrogen-bond donors (Lipinski definition) is 1. The second-order valence-corrected chi connectivity index (χ2v) is 9.24. The van der Waals surface area contributed by atoms with Crippen LogP contribution >= 0.6 is 0 Å². The minimum atomic E-state index is -3.53. The van der Waals surface area contributed by atoms with Crippen molar-refractivity contribution in [3.8, 4) is 5.75 Å². The summed E-state index contributed by atoms with van der Waals surface area (Å²) in [5, 5.41) is 2.86. The number of anilines is 1. The number of hydrogen-bond acceptors (Lipinski definition) is 4. The topological polar surface area (TPSA) is 75.7 Å². The van der Waals surface area contributed by atoms with Crippen LogP contribution in [0.1, 0.15) is 24.8 Å². The highest BCUT2D eigenvalue weighted by Crippen LogP contribution is 2.28. The Morgan fingerprint density at radius 3 is 2.64 bits per heavy atom. The van der Waals surface area contributed by atoms with Gasteiger partial charge in [-0.3, -0.25) is 4.79 Å². The van der Waals surface area contributed by atoms with Crippen LogP contribution in [0.5, 0.6) is 5.75 Å². The lowest BCUT2D eigenvalue weighted by molar-refractivity contribution is -0.121. The van der Waals surface area contributed by atoms with Crippen molar-refractivity contribution in [2.24, 2.45) is 5.92 Å². The second-order valence-electron chi connectivity index (χ2n) is 7.30.